The maximum atomic E-state index is 6.37. The van der Waals surface area contributed by atoms with Gasteiger partial charge in [-0.25, -0.2) is 0 Å². The minimum Gasteiger partial charge on any atom is -0.493 e. The summed E-state index contributed by atoms with van der Waals surface area (Å²) in [4.78, 5) is 4.63. The van der Waals surface area contributed by atoms with Crippen molar-refractivity contribution in [1.82, 2.24) is 5.32 Å². The van der Waals surface area contributed by atoms with E-state index in [1.54, 1.807) is 0 Å². The standard InChI is InChI=1S/C20H22ClN3O/c21-16-7-3-2-6-15(16)20(10-11-20)13-23-19(22)24-17-9-12-25-18-8-4-1-5-14(17)18/h1-8,17H,9-13H2,(H3,22,23,24). The van der Waals surface area contributed by atoms with Crippen LogP contribution in [0.15, 0.2) is 53.5 Å². The van der Waals surface area contributed by atoms with Crippen LogP contribution < -0.4 is 15.8 Å². The fourth-order valence-electron chi connectivity index (χ4n) is 3.51. The number of aliphatic imine (C=N–C) groups is 1. The van der Waals surface area contributed by atoms with Crippen LogP contribution in [-0.4, -0.2) is 19.1 Å². The number of hydrogen-bond acceptors (Lipinski definition) is 2. The molecule has 1 fully saturated rings. The van der Waals surface area contributed by atoms with E-state index in [1.165, 1.54) is 5.56 Å². The van der Waals surface area contributed by atoms with Gasteiger partial charge in [0.15, 0.2) is 5.96 Å². The van der Waals surface area contributed by atoms with Gasteiger partial charge in [-0.3, -0.25) is 4.99 Å². The Kier molecular flexibility index (Phi) is 4.30. The molecule has 4 rings (SSSR count). The minimum absolute atomic E-state index is 0.0538. The maximum Gasteiger partial charge on any atom is 0.189 e. The molecule has 130 valence electrons. The smallest absolute Gasteiger partial charge is 0.189 e. The zero-order valence-corrected chi connectivity index (χ0v) is 14.8. The Bertz CT molecular complexity index is 801. The molecule has 1 heterocycles. The van der Waals surface area contributed by atoms with Crippen molar-refractivity contribution in [2.75, 3.05) is 13.2 Å². The molecule has 2 aromatic carbocycles. The van der Waals surface area contributed by atoms with Crippen molar-refractivity contribution < 1.29 is 4.74 Å². The summed E-state index contributed by atoms with van der Waals surface area (Å²) in [6.07, 6.45) is 3.09. The molecule has 2 aliphatic rings. The van der Waals surface area contributed by atoms with Gasteiger partial charge in [0, 0.05) is 22.4 Å². The number of nitrogens with one attached hydrogen (secondary N) is 1. The van der Waals surface area contributed by atoms with Crippen LogP contribution in [-0.2, 0) is 5.41 Å². The van der Waals surface area contributed by atoms with Crippen molar-refractivity contribution in [3.63, 3.8) is 0 Å². The summed E-state index contributed by atoms with van der Waals surface area (Å²) in [5.74, 6) is 1.41. The largest absolute Gasteiger partial charge is 0.493 e. The number of benzene rings is 2. The first kappa shape index (κ1) is 16.3. The number of hydrogen-bond donors (Lipinski definition) is 2. The van der Waals surface area contributed by atoms with Gasteiger partial charge in [-0.2, -0.15) is 0 Å². The van der Waals surface area contributed by atoms with E-state index < -0.39 is 0 Å². The molecule has 0 radical (unpaired) electrons. The highest BCUT2D eigenvalue weighted by atomic mass is 35.5. The third-order valence-corrected chi connectivity index (χ3v) is 5.46. The molecule has 3 N–H and O–H groups in total. The Morgan fingerprint density at radius 2 is 1.96 bits per heavy atom. The third kappa shape index (κ3) is 3.31. The van der Waals surface area contributed by atoms with E-state index in [2.05, 4.69) is 22.4 Å². The summed E-state index contributed by atoms with van der Waals surface area (Å²) in [5.41, 5.74) is 8.55. The molecule has 1 aliphatic heterocycles. The van der Waals surface area contributed by atoms with E-state index in [-0.39, 0.29) is 11.5 Å². The number of nitrogens with zero attached hydrogens (tertiary/aromatic N) is 1. The molecule has 25 heavy (non-hydrogen) atoms. The Hall–Kier alpha value is -2.20. The van der Waals surface area contributed by atoms with Crippen molar-refractivity contribution in [2.45, 2.75) is 30.7 Å². The Labute approximate surface area is 153 Å². The second-order valence-corrected chi connectivity index (χ2v) is 7.24. The summed E-state index contributed by atoms with van der Waals surface area (Å²) in [7, 11) is 0. The maximum absolute atomic E-state index is 6.37. The highest BCUT2D eigenvalue weighted by Gasteiger charge is 2.45. The number of nitrogens with two attached hydrogens (primary N) is 1. The molecule has 0 saturated heterocycles. The average Bonchev–Trinajstić information content (AvgIpc) is 3.42. The van der Waals surface area contributed by atoms with Crippen LogP contribution in [0.4, 0.5) is 0 Å². The Morgan fingerprint density at radius 3 is 2.76 bits per heavy atom. The summed E-state index contributed by atoms with van der Waals surface area (Å²) < 4.78 is 5.70. The van der Waals surface area contributed by atoms with Crippen LogP contribution in [0.2, 0.25) is 5.02 Å². The van der Waals surface area contributed by atoms with Gasteiger partial charge in [0.1, 0.15) is 5.75 Å². The van der Waals surface area contributed by atoms with Gasteiger partial charge in [0.05, 0.1) is 19.2 Å². The lowest BCUT2D eigenvalue weighted by atomic mass is 9.96. The van der Waals surface area contributed by atoms with E-state index in [9.17, 15) is 0 Å². The van der Waals surface area contributed by atoms with Gasteiger partial charge in [0.2, 0.25) is 0 Å². The zero-order chi connectivity index (χ0) is 17.3. The molecule has 2 aromatic rings. The first-order valence-electron chi connectivity index (χ1n) is 8.71. The molecule has 1 atom stereocenters. The number of rotatable bonds is 4. The molecule has 0 aromatic heterocycles. The molecule has 1 saturated carbocycles. The van der Waals surface area contributed by atoms with Crippen LogP contribution in [0.25, 0.3) is 0 Å². The molecule has 0 bridgehead atoms. The van der Waals surface area contributed by atoms with Crippen LogP contribution >= 0.6 is 11.6 Å². The Balaban J connectivity index is 1.46. The summed E-state index contributed by atoms with van der Waals surface area (Å²) >= 11 is 6.37. The van der Waals surface area contributed by atoms with Crippen molar-refractivity contribution in [3.8, 4) is 5.75 Å². The lowest BCUT2D eigenvalue weighted by Gasteiger charge is -2.27. The number of para-hydroxylation sites is 1. The second kappa shape index (κ2) is 6.60. The van der Waals surface area contributed by atoms with Gasteiger partial charge in [-0.05, 0) is 30.5 Å². The minimum atomic E-state index is 0.0538. The first-order chi connectivity index (χ1) is 12.2. The summed E-state index contributed by atoms with van der Waals surface area (Å²) in [6.45, 7) is 1.35. The molecule has 0 amide bonds. The lowest BCUT2D eigenvalue weighted by molar-refractivity contribution is 0.262. The Morgan fingerprint density at radius 1 is 1.20 bits per heavy atom. The average molecular weight is 356 g/mol. The molecule has 0 spiro atoms. The number of guanidine groups is 1. The molecular weight excluding hydrogens is 334 g/mol. The molecule has 5 heteroatoms. The molecule has 1 aliphatic carbocycles. The van der Waals surface area contributed by atoms with Gasteiger partial charge in [-0.1, -0.05) is 48.0 Å². The van der Waals surface area contributed by atoms with Gasteiger partial charge < -0.3 is 15.8 Å². The van der Waals surface area contributed by atoms with E-state index in [1.807, 2.05) is 36.4 Å². The third-order valence-electron chi connectivity index (χ3n) is 5.13. The molecular formula is C20H22ClN3O. The zero-order valence-electron chi connectivity index (χ0n) is 14.0. The van der Waals surface area contributed by atoms with Crippen LogP contribution in [0.3, 0.4) is 0 Å². The SMILES string of the molecule is NC(=NCC1(c2ccccc2Cl)CC1)NC1CCOc2ccccc21. The molecule has 1 unspecified atom stereocenters. The van der Waals surface area contributed by atoms with Gasteiger partial charge >= 0.3 is 0 Å². The van der Waals surface area contributed by atoms with Gasteiger partial charge in [-0.15, -0.1) is 0 Å². The van der Waals surface area contributed by atoms with E-state index in [0.717, 1.165) is 35.6 Å². The topological polar surface area (TPSA) is 59.6 Å². The van der Waals surface area contributed by atoms with Crippen molar-refractivity contribution in [2.24, 2.45) is 10.7 Å². The quantitative estimate of drug-likeness (QED) is 0.647. The van der Waals surface area contributed by atoms with E-state index >= 15 is 0 Å². The predicted octanol–water partition coefficient (Wildman–Crippen LogP) is 3.80. The molecule has 4 nitrogen and oxygen atoms in total. The lowest BCUT2D eigenvalue weighted by Crippen LogP contribution is -2.38. The summed E-state index contributed by atoms with van der Waals surface area (Å²) in [6, 6.07) is 16.3. The number of ether oxygens (including phenoxy) is 1. The van der Waals surface area contributed by atoms with Crippen LogP contribution in [0.1, 0.15) is 36.4 Å². The normalized spacial score (nSPS) is 21.2. The second-order valence-electron chi connectivity index (χ2n) is 6.83. The van der Waals surface area contributed by atoms with Crippen LogP contribution in [0.5, 0.6) is 5.75 Å². The van der Waals surface area contributed by atoms with Crippen LogP contribution in [0, 0.1) is 0 Å². The van der Waals surface area contributed by atoms with Crippen molar-refractivity contribution >= 4 is 17.6 Å². The number of fused-ring (bicyclic) bond motifs is 1. The first-order valence-corrected chi connectivity index (χ1v) is 9.09. The predicted molar refractivity (Wildman–Crippen MR) is 101 cm³/mol. The van der Waals surface area contributed by atoms with E-state index in [4.69, 9.17) is 22.1 Å². The fourth-order valence-corrected chi connectivity index (χ4v) is 3.84. The van der Waals surface area contributed by atoms with Crippen molar-refractivity contribution in [3.05, 3.63) is 64.7 Å². The van der Waals surface area contributed by atoms with E-state index in [0.29, 0.717) is 19.1 Å². The highest BCUT2D eigenvalue weighted by molar-refractivity contribution is 6.31. The van der Waals surface area contributed by atoms with Crippen molar-refractivity contribution in [1.29, 1.82) is 0 Å². The number of halogens is 1. The summed E-state index contributed by atoms with van der Waals surface area (Å²) in [5, 5.41) is 4.18. The highest BCUT2D eigenvalue weighted by Crippen LogP contribution is 2.50. The fraction of sp³-hybridized carbons (Fsp3) is 0.350. The van der Waals surface area contributed by atoms with Gasteiger partial charge in [0.25, 0.3) is 0 Å². The monoisotopic (exact) mass is 355 g/mol.